The summed E-state index contributed by atoms with van der Waals surface area (Å²) < 4.78 is 4.86. The molecule has 0 saturated heterocycles. The molecule has 1 aromatic carbocycles. The normalized spacial score (nSPS) is 10.1. The van der Waals surface area contributed by atoms with Gasteiger partial charge in [-0.15, -0.1) is 0 Å². The largest absolute Gasteiger partial charge is 0.452 e. The Morgan fingerprint density at radius 3 is 2.17 bits per heavy atom. The first-order chi connectivity index (χ1) is 11.3. The molecule has 0 unspecified atom stereocenters. The van der Waals surface area contributed by atoms with Crippen molar-refractivity contribution in [2.45, 2.75) is 0 Å². The highest BCUT2D eigenvalue weighted by molar-refractivity contribution is 6.32. The number of carbonyl (C=O) groups is 3. The maximum atomic E-state index is 11.8. The van der Waals surface area contributed by atoms with E-state index in [2.05, 4.69) is 10.3 Å². The zero-order chi connectivity index (χ0) is 17.7. The minimum absolute atomic E-state index is 0.0356. The first kappa shape index (κ1) is 17.7. The van der Waals surface area contributed by atoms with Crippen molar-refractivity contribution in [3.63, 3.8) is 0 Å². The van der Waals surface area contributed by atoms with Crippen LogP contribution < -0.4 is 11.1 Å². The van der Waals surface area contributed by atoms with Gasteiger partial charge in [0.1, 0.15) is 10.3 Å². The number of rotatable bonds is 5. The standard InChI is InChI=1S/C15H11Cl2N3O4/c16-11-5-9(6-12(17)20-11)15(23)24-7-13(21)19-10-3-1-8(2-4-10)14(18)22/h1-6H,7H2,(H2,18,22)(H,19,21). The summed E-state index contributed by atoms with van der Waals surface area (Å²) in [6, 6.07) is 8.48. The second-order valence-electron chi connectivity index (χ2n) is 4.57. The molecule has 0 fully saturated rings. The Morgan fingerprint density at radius 1 is 1.04 bits per heavy atom. The molecule has 0 saturated carbocycles. The Morgan fingerprint density at radius 2 is 1.62 bits per heavy atom. The summed E-state index contributed by atoms with van der Waals surface area (Å²) in [6.45, 7) is -0.506. The molecule has 0 spiro atoms. The Labute approximate surface area is 146 Å². The number of nitrogens with one attached hydrogen (secondary N) is 1. The van der Waals surface area contributed by atoms with Crippen molar-refractivity contribution in [1.82, 2.24) is 4.98 Å². The number of carbonyl (C=O) groups excluding carboxylic acids is 3. The van der Waals surface area contributed by atoms with Crippen LogP contribution in [0.3, 0.4) is 0 Å². The Balaban J connectivity index is 1.90. The summed E-state index contributed by atoms with van der Waals surface area (Å²) in [5.74, 6) is -1.89. The third-order valence-corrected chi connectivity index (χ3v) is 3.17. The number of aromatic nitrogens is 1. The Hall–Kier alpha value is -2.64. The molecule has 1 heterocycles. The van der Waals surface area contributed by atoms with Crippen molar-refractivity contribution < 1.29 is 19.1 Å². The molecule has 3 N–H and O–H groups in total. The van der Waals surface area contributed by atoms with Gasteiger partial charge in [0.25, 0.3) is 5.91 Å². The zero-order valence-electron chi connectivity index (χ0n) is 12.1. The molecule has 7 nitrogen and oxygen atoms in total. The molecule has 2 rings (SSSR count). The van der Waals surface area contributed by atoms with E-state index in [0.717, 1.165) is 0 Å². The van der Waals surface area contributed by atoms with Crippen molar-refractivity contribution in [2.24, 2.45) is 5.73 Å². The minimum atomic E-state index is -0.763. The first-order valence-electron chi connectivity index (χ1n) is 6.55. The van der Waals surface area contributed by atoms with Gasteiger partial charge in [-0.1, -0.05) is 23.2 Å². The summed E-state index contributed by atoms with van der Waals surface area (Å²) in [5.41, 5.74) is 5.94. The molecule has 0 atom stereocenters. The monoisotopic (exact) mass is 367 g/mol. The number of nitrogens with zero attached hydrogens (tertiary/aromatic N) is 1. The van der Waals surface area contributed by atoms with Gasteiger partial charge in [0.15, 0.2) is 6.61 Å². The minimum Gasteiger partial charge on any atom is -0.452 e. The lowest BCUT2D eigenvalue weighted by Crippen LogP contribution is -2.21. The number of anilines is 1. The SMILES string of the molecule is NC(=O)c1ccc(NC(=O)COC(=O)c2cc(Cl)nc(Cl)c2)cc1. The van der Waals surface area contributed by atoms with Crippen molar-refractivity contribution in [1.29, 1.82) is 0 Å². The van der Waals surface area contributed by atoms with Crippen LogP contribution in [0, 0.1) is 0 Å². The van der Waals surface area contributed by atoms with Gasteiger partial charge in [-0.05, 0) is 36.4 Å². The molecule has 9 heteroatoms. The van der Waals surface area contributed by atoms with Crippen LogP contribution in [0.2, 0.25) is 10.3 Å². The summed E-state index contributed by atoms with van der Waals surface area (Å²) in [6.07, 6.45) is 0. The van der Waals surface area contributed by atoms with E-state index in [9.17, 15) is 14.4 Å². The molecule has 2 amide bonds. The Kier molecular flexibility index (Phi) is 5.73. The van der Waals surface area contributed by atoms with E-state index < -0.39 is 24.4 Å². The van der Waals surface area contributed by atoms with Gasteiger partial charge in [-0.2, -0.15) is 0 Å². The molecule has 0 aliphatic rings. The Bertz CT molecular complexity index is 774. The average Bonchev–Trinajstić information content (AvgIpc) is 2.52. The maximum absolute atomic E-state index is 11.8. The van der Waals surface area contributed by atoms with Crippen LogP contribution in [0.1, 0.15) is 20.7 Å². The molecule has 124 valence electrons. The van der Waals surface area contributed by atoms with Crippen LogP contribution in [-0.4, -0.2) is 29.4 Å². The molecule has 0 aliphatic heterocycles. The smallest absolute Gasteiger partial charge is 0.338 e. The van der Waals surface area contributed by atoms with E-state index in [1.165, 1.54) is 36.4 Å². The van der Waals surface area contributed by atoms with Gasteiger partial charge in [0.2, 0.25) is 5.91 Å². The van der Waals surface area contributed by atoms with Crippen molar-refractivity contribution in [3.8, 4) is 0 Å². The summed E-state index contributed by atoms with van der Waals surface area (Å²) >= 11 is 11.4. The highest BCUT2D eigenvalue weighted by Crippen LogP contribution is 2.15. The first-order valence-corrected chi connectivity index (χ1v) is 7.30. The van der Waals surface area contributed by atoms with Crippen LogP contribution in [0.25, 0.3) is 0 Å². The lowest BCUT2D eigenvalue weighted by atomic mass is 10.2. The molecule has 2 aromatic rings. The predicted octanol–water partition coefficient (Wildman–Crippen LogP) is 2.28. The van der Waals surface area contributed by atoms with Crippen LogP contribution in [0.4, 0.5) is 5.69 Å². The third-order valence-electron chi connectivity index (χ3n) is 2.79. The number of esters is 1. The lowest BCUT2D eigenvalue weighted by Gasteiger charge is -2.07. The molecule has 0 radical (unpaired) electrons. The van der Waals surface area contributed by atoms with Crippen molar-refractivity contribution in [2.75, 3.05) is 11.9 Å². The van der Waals surface area contributed by atoms with E-state index in [1.54, 1.807) is 0 Å². The van der Waals surface area contributed by atoms with E-state index >= 15 is 0 Å². The van der Waals surface area contributed by atoms with Crippen LogP contribution in [-0.2, 0) is 9.53 Å². The van der Waals surface area contributed by atoms with Crippen LogP contribution in [0.15, 0.2) is 36.4 Å². The molecule has 1 aromatic heterocycles. The fourth-order valence-electron chi connectivity index (χ4n) is 1.71. The van der Waals surface area contributed by atoms with E-state index in [1.807, 2.05) is 0 Å². The number of hydrogen-bond acceptors (Lipinski definition) is 5. The second-order valence-corrected chi connectivity index (χ2v) is 5.34. The fourth-order valence-corrected chi connectivity index (χ4v) is 2.17. The maximum Gasteiger partial charge on any atom is 0.338 e. The number of primary amides is 1. The predicted molar refractivity (Wildman–Crippen MR) is 88.1 cm³/mol. The molecule has 0 bridgehead atoms. The lowest BCUT2D eigenvalue weighted by molar-refractivity contribution is -0.119. The summed E-state index contributed by atoms with van der Waals surface area (Å²) in [5, 5.41) is 2.58. The summed E-state index contributed by atoms with van der Waals surface area (Å²) in [4.78, 5) is 38.2. The molecule has 24 heavy (non-hydrogen) atoms. The number of ether oxygens (including phenoxy) is 1. The van der Waals surface area contributed by atoms with Crippen LogP contribution in [0.5, 0.6) is 0 Å². The number of amides is 2. The van der Waals surface area contributed by atoms with Gasteiger partial charge in [-0.25, -0.2) is 9.78 Å². The van der Waals surface area contributed by atoms with Crippen molar-refractivity contribution in [3.05, 3.63) is 57.8 Å². The molecular weight excluding hydrogens is 357 g/mol. The average molecular weight is 368 g/mol. The fraction of sp³-hybridized carbons (Fsp3) is 0.0667. The van der Waals surface area contributed by atoms with E-state index in [0.29, 0.717) is 11.3 Å². The number of hydrogen-bond donors (Lipinski definition) is 2. The highest BCUT2D eigenvalue weighted by atomic mass is 35.5. The summed E-state index contributed by atoms with van der Waals surface area (Å²) in [7, 11) is 0. The van der Waals surface area contributed by atoms with E-state index in [-0.39, 0.29) is 15.9 Å². The molecule has 0 aliphatic carbocycles. The number of halogens is 2. The van der Waals surface area contributed by atoms with Gasteiger partial charge in [0, 0.05) is 11.3 Å². The topological polar surface area (TPSA) is 111 Å². The second kappa shape index (κ2) is 7.76. The van der Waals surface area contributed by atoms with Gasteiger partial charge in [-0.3, -0.25) is 9.59 Å². The van der Waals surface area contributed by atoms with Crippen LogP contribution >= 0.6 is 23.2 Å². The van der Waals surface area contributed by atoms with E-state index in [4.69, 9.17) is 33.7 Å². The number of nitrogens with two attached hydrogens (primary N) is 1. The van der Waals surface area contributed by atoms with Crippen molar-refractivity contribution >= 4 is 46.7 Å². The quantitative estimate of drug-likeness (QED) is 0.621. The number of pyridine rings is 1. The van der Waals surface area contributed by atoms with Gasteiger partial charge >= 0.3 is 5.97 Å². The zero-order valence-corrected chi connectivity index (χ0v) is 13.6. The van der Waals surface area contributed by atoms with Gasteiger partial charge < -0.3 is 15.8 Å². The van der Waals surface area contributed by atoms with Gasteiger partial charge in [0.05, 0.1) is 5.56 Å². The third kappa shape index (κ3) is 4.94. The molecular formula is C15H11Cl2N3O4. The number of benzene rings is 1. The highest BCUT2D eigenvalue weighted by Gasteiger charge is 2.13.